The van der Waals surface area contributed by atoms with Gasteiger partial charge in [-0.05, 0) is 12.1 Å². The monoisotopic (exact) mass is 288 g/mol. The molecule has 2 N–H and O–H groups in total. The molecular formula is C17H12N4O. The highest BCUT2D eigenvalue weighted by atomic mass is 16.1. The van der Waals surface area contributed by atoms with Crippen LogP contribution in [0.25, 0.3) is 33.5 Å². The highest BCUT2D eigenvalue weighted by Crippen LogP contribution is 2.27. The van der Waals surface area contributed by atoms with Crippen molar-refractivity contribution in [2.75, 3.05) is 0 Å². The number of hydrogen-bond acceptors (Lipinski definition) is 3. The van der Waals surface area contributed by atoms with Gasteiger partial charge >= 0.3 is 0 Å². The largest absolute Gasteiger partial charge is 0.306 e. The molecule has 22 heavy (non-hydrogen) atoms. The zero-order chi connectivity index (χ0) is 14.9. The van der Waals surface area contributed by atoms with Crippen LogP contribution in [0.4, 0.5) is 0 Å². The summed E-state index contributed by atoms with van der Waals surface area (Å²) in [5.41, 5.74) is 3.11. The van der Waals surface area contributed by atoms with Crippen LogP contribution in [0.1, 0.15) is 0 Å². The molecule has 0 radical (unpaired) electrons. The number of aromatic amines is 2. The van der Waals surface area contributed by atoms with Gasteiger partial charge in [-0.25, -0.2) is 4.98 Å². The third-order valence-electron chi connectivity index (χ3n) is 3.57. The number of nitrogens with zero attached hydrogens (tertiary/aromatic N) is 2. The average Bonchev–Trinajstić information content (AvgIpc) is 3.05. The number of hydrogen-bond donors (Lipinski definition) is 2. The average molecular weight is 288 g/mol. The molecule has 0 spiro atoms. The number of benzene rings is 2. The van der Waals surface area contributed by atoms with Gasteiger partial charge in [0.25, 0.3) is 5.56 Å². The lowest BCUT2D eigenvalue weighted by atomic mass is 10.1. The first-order valence-corrected chi connectivity index (χ1v) is 6.91. The van der Waals surface area contributed by atoms with E-state index in [1.807, 2.05) is 48.5 Å². The van der Waals surface area contributed by atoms with Crippen molar-refractivity contribution in [3.05, 3.63) is 71.1 Å². The first kappa shape index (κ1) is 12.5. The smallest absolute Gasteiger partial charge is 0.259 e. The van der Waals surface area contributed by atoms with E-state index in [9.17, 15) is 4.79 Å². The SMILES string of the molecule is O=c1[nH]c(-c2cn[nH]c2-c2ccccc2)nc2ccccc12. The van der Waals surface area contributed by atoms with E-state index in [1.165, 1.54) is 0 Å². The molecule has 5 nitrogen and oxygen atoms in total. The quantitative estimate of drug-likeness (QED) is 0.595. The van der Waals surface area contributed by atoms with Crippen molar-refractivity contribution >= 4 is 10.9 Å². The summed E-state index contributed by atoms with van der Waals surface area (Å²) in [7, 11) is 0. The van der Waals surface area contributed by atoms with E-state index in [4.69, 9.17) is 0 Å². The molecule has 0 aliphatic rings. The van der Waals surface area contributed by atoms with Gasteiger partial charge in [-0.1, -0.05) is 42.5 Å². The Bertz CT molecular complexity index is 1000. The molecule has 0 bridgehead atoms. The minimum atomic E-state index is -0.152. The van der Waals surface area contributed by atoms with Crippen molar-refractivity contribution in [3.8, 4) is 22.6 Å². The van der Waals surface area contributed by atoms with Gasteiger partial charge in [0, 0.05) is 5.56 Å². The van der Waals surface area contributed by atoms with Crippen molar-refractivity contribution in [1.29, 1.82) is 0 Å². The number of fused-ring (bicyclic) bond motifs is 1. The summed E-state index contributed by atoms with van der Waals surface area (Å²) in [6.07, 6.45) is 1.68. The van der Waals surface area contributed by atoms with Gasteiger partial charge in [-0.3, -0.25) is 9.89 Å². The van der Waals surface area contributed by atoms with Crippen LogP contribution in [0.15, 0.2) is 65.6 Å². The molecule has 2 heterocycles. The number of H-pyrrole nitrogens is 2. The van der Waals surface area contributed by atoms with Crippen LogP contribution >= 0.6 is 0 Å². The molecular weight excluding hydrogens is 276 g/mol. The zero-order valence-electron chi connectivity index (χ0n) is 11.6. The van der Waals surface area contributed by atoms with Crippen molar-refractivity contribution in [1.82, 2.24) is 20.2 Å². The Balaban J connectivity index is 1.94. The summed E-state index contributed by atoms with van der Waals surface area (Å²) < 4.78 is 0. The van der Waals surface area contributed by atoms with Crippen LogP contribution in [-0.2, 0) is 0 Å². The van der Waals surface area contributed by atoms with E-state index in [-0.39, 0.29) is 5.56 Å². The molecule has 106 valence electrons. The van der Waals surface area contributed by atoms with Crippen molar-refractivity contribution in [2.45, 2.75) is 0 Å². The van der Waals surface area contributed by atoms with Crippen LogP contribution in [0, 0.1) is 0 Å². The van der Waals surface area contributed by atoms with Crippen LogP contribution in [0.2, 0.25) is 0 Å². The van der Waals surface area contributed by atoms with E-state index in [2.05, 4.69) is 20.2 Å². The molecule has 0 saturated heterocycles. The Morgan fingerprint density at radius 1 is 0.909 bits per heavy atom. The predicted molar refractivity (Wildman–Crippen MR) is 85.4 cm³/mol. The lowest BCUT2D eigenvalue weighted by Gasteiger charge is -2.04. The maximum Gasteiger partial charge on any atom is 0.259 e. The van der Waals surface area contributed by atoms with E-state index >= 15 is 0 Å². The van der Waals surface area contributed by atoms with Gasteiger partial charge in [0.05, 0.1) is 28.4 Å². The van der Waals surface area contributed by atoms with E-state index in [0.29, 0.717) is 16.7 Å². The van der Waals surface area contributed by atoms with Crippen LogP contribution in [-0.4, -0.2) is 20.2 Å². The van der Waals surface area contributed by atoms with Crippen molar-refractivity contribution in [3.63, 3.8) is 0 Å². The summed E-state index contributed by atoms with van der Waals surface area (Å²) in [6.45, 7) is 0. The molecule has 0 aliphatic heterocycles. The van der Waals surface area contributed by atoms with E-state index in [1.54, 1.807) is 12.3 Å². The number of aromatic nitrogens is 4. The van der Waals surface area contributed by atoms with Crippen LogP contribution in [0.5, 0.6) is 0 Å². The highest BCUT2D eigenvalue weighted by Gasteiger charge is 2.13. The second-order valence-electron chi connectivity index (χ2n) is 4.96. The van der Waals surface area contributed by atoms with Gasteiger partial charge in [-0.15, -0.1) is 0 Å². The lowest BCUT2D eigenvalue weighted by Crippen LogP contribution is -2.09. The minimum Gasteiger partial charge on any atom is -0.306 e. The topological polar surface area (TPSA) is 74.4 Å². The normalized spacial score (nSPS) is 10.9. The molecule has 0 unspecified atom stereocenters. The maximum absolute atomic E-state index is 12.2. The van der Waals surface area contributed by atoms with Crippen molar-refractivity contribution < 1.29 is 0 Å². The zero-order valence-corrected chi connectivity index (χ0v) is 11.6. The summed E-state index contributed by atoms with van der Waals surface area (Å²) in [6, 6.07) is 17.1. The Labute approximate surface area is 125 Å². The molecule has 2 aromatic carbocycles. The number of para-hydroxylation sites is 1. The Morgan fingerprint density at radius 3 is 2.55 bits per heavy atom. The Kier molecular flexibility index (Phi) is 2.83. The van der Waals surface area contributed by atoms with Crippen LogP contribution < -0.4 is 5.56 Å². The third kappa shape index (κ3) is 2.00. The second kappa shape index (κ2) is 4.96. The molecule has 0 atom stereocenters. The second-order valence-corrected chi connectivity index (χ2v) is 4.96. The fourth-order valence-corrected chi connectivity index (χ4v) is 2.50. The third-order valence-corrected chi connectivity index (χ3v) is 3.57. The summed E-state index contributed by atoms with van der Waals surface area (Å²) in [5.74, 6) is 0.510. The minimum absolute atomic E-state index is 0.152. The highest BCUT2D eigenvalue weighted by molar-refractivity contribution is 5.82. The van der Waals surface area contributed by atoms with E-state index < -0.39 is 0 Å². The van der Waals surface area contributed by atoms with Gasteiger partial charge in [0.1, 0.15) is 5.82 Å². The van der Waals surface area contributed by atoms with Gasteiger partial charge in [0.2, 0.25) is 0 Å². The summed E-state index contributed by atoms with van der Waals surface area (Å²) >= 11 is 0. The summed E-state index contributed by atoms with van der Waals surface area (Å²) in [4.78, 5) is 19.6. The van der Waals surface area contributed by atoms with Gasteiger partial charge in [-0.2, -0.15) is 5.10 Å². The molecule has 0 fully saturated rings. The van der Waals surface area contributed by atoms with Gasteiger partial charge in [0.15, 0.2) is 0 Å². The maximum atomic E-state index is 12.2. The number of rotatable bonds is 2. The molecule has 4 rings (SSSR count). The van der Waals surface area contributed by atoms with Gasteiger partial charge < -0.3 is 4.98 Å². The first-order chi connectivity index (χ1) is 10.8. The summed E-state index contributed by atoms with van der Waals surface area (Å²) in [5, 5.41) is 7.65. The standard InChI is InChI=1S/C17H12N4O/c22-17-12-8-4-5-9-14(12)19-16(20-17)13-10-18-21-15(13)11-6-2-1-3-7-11/h1-10H,(H,18,21)(H,19,20,22). The molecule has 5 heteroatoms. The Hall–Kier alpha value is -3.21. The predicted octanol–water partition coefficient (Wildman–Crippen LogP) is 2.98. The fraction of sp³-hybridized carbons (Fsp3) is 0. The van der Waals surface area contributed by atoms with E-state index in [0.717, 1.165) is 16.8 Å². The van der Waals surface area contributed by atoms with Crippen LogP contribution in [0.3, 0.4) is 0 Å². The molecule has 0 saturated carbocycles. The molecule has 4 aromatic rings. The number of nitrogens with one attached hydrogen (secondary N) is 2. The molecule has 0 amide bonds. The van der Waals surface area contributed by atoms with Crippen molar-refractivity contribution in [2.24, 2.45) is 0 Å². The fourth-order valence-electron chi connectivity index (χ4n) is 2.50. The lowest BCUT2D eigenvalue weighted by molar-refractivity contribution is 1.10. The molecule has 2 aromatic heterocycles. The molecule has 0 aliphatic carbocycles. The Morgan fingerprint density at radius 2 is 1.68 bits per heavy atom. The first-order valence-electron chi connectivity index (χ1n) is 6.91.